The summed E-state index contributed by atoms with van der Waals surface area (Å²) in [5.74, 6) is -0.893. The van der Waals surface area contributed by atoms with Crippen LogP contribution in [0, 0.1) is 11.7 Å². The predicted octanol–water partition coefficient (Wildman–Crippen LogP) is 4.26. The van der Waals surface area contributed by atoms with Gasteiger partial charge in [-0.3, -0.25) is 4.79 Å². The number of hydrogen-bond acceptors (Lipinski definition) is 3. The minimum Gasteiger partial charge on any atom is -0.322 e. The molecule has 1 unspecified atom stereocenters. The van der Waals surface area contributed by atoms with Crippen molar-refractivity contribution in [1.82, 2.24) is 4.31 Å². The first-order valence-corrected chi connectivity index (χ1v) is 10.9. The van der Waals surface area contributed by atoms with Crippen LogP contribution in [0.4, 0.5) is 10.1 Å². The fourth-order valence-electron chi connectivity index (χ4n) is 3.09. The van der Waals surface area contributed by atoms with Crippen LogP contribution in [0.15, 0.2) is 51.8 Å². The zero-order valence-electron chi connectivity index (χ0n) is 14.8. The van der Waals surface area contributed by atoms with Gasteiger partial charge in [-0.2, -0.15) is 4.31 Å². The van der Waals surface area contributed by atoms with Crippen LogP contribution < -0.4 is 5.32 Å². The van der Waals surface area contributed by atoms with Gasteiger partial charge in [0.1, 0.15) is 5.82 Å². The highest BCUT2D eigenvalue weighted by molar-refractivity contribution is 9.10. The molecule has 1 saturated heterocycles. The largest absolute Gasteiger partial charge is 0.322 e. The molecule has 0 radical (unpaired) electrons. The summed E-state index contributed by atoms with van der Waals surface area (Å²) in [6.07, 6.45) is 1.88. The van der Waals surface area contributed by atoms with E-state index >= 15 is 0 Å². The van der Waals surface area contributed by atoms with Crippen molar-refractivity contribution in [3.8, 4) is 0 Å². The van der Waals surface area contributed by atoms with E-state index in [9.17, 15) is 17.6 Å². The van der Waals surface area contributed by atoms with E-state index in [1.165, 1.54) is 46.8 Å². The molecule has 0 saturated carbocycles. The average molecular weight is 455 g/mol. The molecule has 0 aliphatic carbocycles. The number of hydrogen-bond donors (Lipinski definition) is 1. The quantitative estimate of drug-likeness (QED) is 0.750. The number of anilines is 1. The lowest BCUT2D eigenvalue weighted by Crippen LogP contribution is -2.39. The number of sulfonamides is 1. The number of benzene rings is 2. The average Bonchev–Trinajstić information content (AvgIpc) is 2.64. The number of piperidine rings is 1. The Balaban J connectivity index is 1.75. The number of carbonyl (C=O) groups excluding carboxylic acids is 1. The van der Waals surface area contributed by atoms with E-state index in [0.717, 1.165) is 12.8 Å². The summed E-state index contributed by atoms with van der Waals surface area (Å²) < 4.78 is 41.4. The van der Waals surface area contributed by atoms with E-state index in [2.05, 4.69) is 21.2 Å². The molecule has 3 rings (SSSR count). The van der Waals surface area contributed by atoms with Gasteiger partial charge >= 0.3 is 0 Å². The first kappa shape index (κ1) is 20.0. The smallest absolute Gasteiger partial charge is 0.258 e. The molecule has 8 heteroatoms. The number of nitrogens with one attached hydrogen (secondary N) is 1. The standard InChI is InChI=1S/C19H20BrFN2O3S/c1-13-3-2-10-23(12-13)27(25,26)16-7-5-15(6-8-16)22-19(24)17-11-14(20)4-9-18(17)21/h4-9,11,13H,2-3,10,12H2,1H3,(H,22,24). The van der Waals surface area contributed by atoms with Gasteiger partial charge in [0.2, 0.25) is 10.0 Å². The Morgan fingerprint density at radius 3 is 2.59 bits per heavy atom. The van der Waals surface area contributed by atoms with E-state index in [-0.39, 0.29) is 10.5 Å². The van der Waals surface area contributed by atoms with Gasteiger partial charge in [0, 0.05) is 23.2 Å². The number of rotatable bonds is 4. The predicted molar refractivity (Wildman–Crippen MR) is 106 cm³/mol. The van der Waals surface area contributed by atoms with Crippen LogP contribution in [0.5, 0.6) is 0 Å². The van der Waals surface area contributed by atoms with Gasteiger partial charge in [0.15, 0.2) is 0 Å². The third-order valence-corrected chi connectivity index (χ3v) is 6.92. The van der Waals surface area contributed by atoms with E-state index in [0.29, 0.717) is 29.2 Å². The van der Waals surface area contributed by atoms with Gasteiger partial charge in [0.25, 0.3) is 5.91 Å². The van der Waals surface area contributed by atoms with E-state index in [1.807, 2.05) is 6.92 Å². The maximum Gasteiger partial charge on any atom is 0.258 e. The number of nitrogens with zero attached hydrogens (tertiary/aromatic N) is 1. The molecule has 2 aromatic rings. The normalized spacial score (nSPS) is 18.3. The fourth-order valence-corrected chi connectivity index (χ4v) is 5.05. The van der Waals surface area contributed by atoms with Crippen molar-refractivity contribution in [1.29, 1.82) is 0 Å². The monoisotopic (exact) mass is 454 g/mol. The maximum atomic E-state index is 13.8. The second-order valence-electron chi connectivity index (χ2n) is 6.71. The second kappa shape index (κ2) is 8.08. The Morgan fingerprint density at radius 2 is 1.93 bits per heavy atom. The summed E-state index contributed by atoms with van der Waals surface area (Å²) in [6, 6.07) is 10.0. The summed E-state index contributed by atoms with van der Waals surface area (Å²) in [6.45, 7) is 3.08. The fraction of sp³-hybridized carbons (Fsp3) is 0.316. The summed E-state index contributed by atoms with van der Waals surface area (Å²) in [5.41, 5.74) is 0.300. The molecular weight excluding hydrogens is 435 g/mol. The minimum atomic E-state index is -3.55. The molecule has 2 aromatic carbocycles. The molecule has 1 aliphatic rings. The Hall–Kier alpha value is -1.77. The molecule has 27 heavy (non-hydrogen) atoms. The highest BCUT2D eigenvalue weighted by Crippen LogP contribution is 2.25. The molecule has 1 N–H and O–H groups in total. The number of amides is 1. The summed E-state index contributed by atoms with van der Waals surface area (Å²) in [4.78, 5) is 12.4. The van der Waals surface area contributed by atoms with Gasteiger partial charge < -0.3 is 5.32 Å². The van der Waals surface area contributed by atoms with Crippen molar-refractivity contribution in [2.75, 3.05) is 18.4 Å². The van der Waals surface area contributed by atoms with Gasteiger partial charge in [-0.15, -0.1) is 0 Å². The molecule has 0 spiro atoms. The van der Waals surface area contributed by atoms with Crippen LogP contribution in [0.25, 0.3) is 0 Å². The molecule has 1 amide bonds. The highest BCUT2D eigenvalue weighted by Gasteiger charge is 2.28. The minimum absolute atomic E-state index is 0.0941. The van der Waals surface area contributed by atoms with E-state index < -0.39 is 21.7 Å². The highest BCUT2D eigenvalue weighted by atomic mass is 79.9. The van der Waals surface area contributed by atoms with Crippen molar-refractivity contribution < 1.29 is 17.6 Å². The van der Waals surface area contributed by atoms with Crippen LogP contribution in [-0.4, -0.2) is 31.7 Å². The first-order valence-electron chi connectivity index (χ1n) is 8.64. The van der Waals surface area contributed by atoms with Crippen LogP contribution in [-0.2, 0) is 10.0 Å². The molecule has 1 atom stereocenters. The zero-order chi connectivity index (χ0) is 19.6. The van der Waals surface area contributed by atoms with Gasteiger partial charge in [0.05, 0.1) is 10.5 Å². The molecular formula is C19H20BrFN2O3S. The maximum absolute atomic E-state index is 13.8. The van der Waals surface area contributed by atoms with Crippen molar-refractivity contribution >= 4 is 37.5 Å². The molecule has 0 aromatic heterocycles. The first-order chi connectivity index (χ1) is 12.8. The Morgan fingerprint density at radius 1 is 1.22 bits per heavy atom. The van der Waals surface area contributed by atoms with Crippen LogP contribution in [0.3, 0.4) is 0 Å². The Bertz CT molecular complexity index is 948. The SMILES string of the molecule is CC1CCCN(S(=O)(=O)c2ccc(NC(=O)c3cc(Br)ccc3F)cc2)C1. The molecule has 5 nitrogen and oxygen atoms in total. The lowest BCUT2D eigenvalue weighted by Gasteiger charge is -2.30. The number of carbonyl (C=O) groups is 1. The Labute approximate surface area is 166 Å². The topological polar surface area (TPSA) is 66.5 Å². The third kappa shape index (κ3) is 4.56. The van der Waals surface area contributed by atoms with Gasteiger partial charge in [-0.25, -0.2) is 12.8 Å². The molecule has 1 fully saturated rings. The van der Waals surface area contributed by atoms with Crippen LogP contribution in [0.1, 0.15) is 30.1 Å². The van der Waals surface area contributed by atoms with E-state index in [1.54, 1.807) is 0 Å². The van der Waals surface area contributed by atoms with Gasteiger partial charge in [-0.1, -0.05) is 22.9 Å². The van der Waals surface area contributed by atoms with Crippen molar-refractivity contribution in [3.63, 3.8) is 0 Å². The van der Waals surface area contributed by atoms with Crippen LogP contribution >= 0.6 is 15.9 Å². The lowest BCUT2D eigenvalue weighted by atomic mass is 10.0. The molecule has 1 aliphatic heterocycles. The van der Waals surface area contributed by atoms with Crippen molar-refractivity contribution in [2.24, 2.45) is 5.92 Å². The van der Waals surface area contributed by atoms with Gasteiger partial charge in [-0.05, 0) is 61.2 Å². The molecule has 1 heterocycles. The number of halogens is 2. The summed E-state index contributed by atoms with van der Waals surface area (Å²) >= 11 is 3.21. The van der Waals surface area contributed by atoms with Crippen LogP contribution in [0.2, 0.25) is 0 Å². The molecule has 0 bridgehead atoms. The van der Waals surface area contributed by atoms with Crippen molar-refractivity contribution in [3.05, 3.63) is 58.3 Å². The summed E-state index contributed by atoms with van der Waals surface area (Å²) in [5, 5.41) is 2.58. The second-order valence-corrected chi connectivity index (χ2v) is 9.57. The molecule has 144 valence electrons. The summed E-state index contributed by atoms with van der Waals surface area (Å²) in [7, 11) is -3.55. The van der Waals surface area contributed by atoms with E-state index in [4.69, 9.17) is 0 Å². The van der Waals surface area contributed by atoms with Crippen molar-refractivity contribution in [2.45, 2.75) is 24.7 Å². The Kier molecular flexibility index (Phi) is 5.98. The zero-order valence-corrected chi connectivity index (χ0v) is 17.2. The lowest BCUT2D eigenvalue weighted by molar-refractivity contribution is 0.102. The third-order valence-electron chi connectivity index (χ3n) is 4.54.